The highest BCUT2D eigenvalue weighted by Crippen LogP contribution is 2.21. The first-order chi connectivity index (χ1) is 7.38. The third-order valence-corrected chi connectivity index (χ3v) is 2.70. The van der Waals surface area contributed by atoms with Crippen LogP contribution in [0.15, 0.2) is 12.1 Å². The Morgan fingerprint density at radius 3 is 2.60 bits per heavy atom. The highest BCUT2D eigenvalue weighted by atomic mass is 16.5. The molecule has 4 heteroatoms. The predicted octanol–water partition coefficient (Wildman–Crippen LogP) is 1.68. The minimum Gasteiger partial charge on any atom is -0.473 e. The number of aliphatic hydroxyl groups excluding tert-OH is 1. The predicted molar refractivity (Wildman–Crippen MR) is 55.5 cm³/mol. The molecule has 0 amide bonds. The van der Waals surface area contributed by atoms with E-state index in [0.717, 1.165) is 12.8 Å². The van der Waals surface area contributed by atoms with Crippen molar-refractivity contribution in [1.29, 1.82) is 0 Å². The monoisotopic (exact) mass is 208 g/mol. The molecule has 15 heavy (non-hydrogen) atoms. The first kappa shape index (κ1) is 10.4. The van der Waals surface area contributed by atoms with E-state index in [1.807, 2.05) is 0 Å². The number of aromatic nitrogens is 2. The number of nitrogens with zero attached hydrogens (tertiary/aromatic N) is 2. The standard InChI is InChI=1S/C11H16N2O2/c14-8-9-6-7-11(13-12-9)15-10-4-2-1-3-5-10/h6-7,10,14H,1-5,8H2. The van der Waals surface area contributed by atoms with Gasteiger partial charge in [-0.2, -0.15) is 0 Å². The number of aliphatic hydroxyl groups is 1. The van der Waals surface area contributed by atoms with Gasteiger partial charge in [0.1, 0.15) is 6.10 Å². The minimum absolute atomic E-state index is 0.0727. The summed E-state index contributed by atoms with van der Waals surface area (Å²) in [7, 11) is 0. The van der Waals surface area contributed by atoms with Crippen LogP contribution in [0, 0.1) is 0 Å². The van der Waals surface area contributed by atoms with E-state index in [4.69, 9.17) is 9.84 Å². The second-order valence-electron chi connectivity index (χ2n) is 3.90. The molecular formula is C11H16N2O2. The third-order valence-electron chi connectivity index (χ3n) is 2.70. The average molecular weight is 208 g/mol. The first-order valence-electron chi connectivity index (χ1n) is 5.48. The third kappa shape index (κ3) is 2.89. The van der Waals surface area contributed by atoms with E-state index < -0.39 is 0 Å². The molecule has 4 nitrogen and oxygen atoms in total. The molecule has 1 fully saturated rings. The second kappa shape index (κ2) is 5.07. The molecule has 82 valence electrons. The normalized spacial score (nSPS) is 17.7. The van der Waals surface area contributed by atoms with Crippen molar-refractivity contribution in [3.8, 4) is 5.88 Å². The molecule has 0 atom stereocenters. The van der Waals surface area contributed by atoms with Crippen molar-refractivity contribution in [1.82, 2.24) is 10.2 Å². The van der Waals surface area contributed by atoms with E-state index in [1.54, 1.807) is 12.1 Å². The number of hydrogen-bond acceptors (Lipinski definition) is 4. The highest BCUT2D eigenvalue weighted by Gasteiger charge is 2.15. The Hall–Kier alpha value is -1.16. The fourth-order valence-corrected chi connectivity index (χ4v) is 1.85. The van der Waals surface area contributed by atoms with E-state index in [-0.39, 0.29) is 6.61 Å². The lowest BCUT2D eigenvalue weighted by Crippen LogP contribution is -2.20. The van der Waals surface area contributed by atoms with Crippen molar-refractivity contribution in [2.75, 3.05) is 0 Å². The van der Waals surface area contributed by atoms with Gasteiger partial charge in [-0.25, -0.2) is 0 Å². The summed E-state index contributed by atoms with van der Waals surface area (Å²) >= 11 is 0. The molecule has 0 saturated heterocycles. The molecule has 0 aromatic carbocycles. The molecule has 1 N–H and O–H groups in total. The van der Waals surface area contributed by atoms with Crippen LogP contribution in [-0.4, -0.2) is 21.4 Å². The van der Waals surface area contributed by atoms with Crippen LogP contribution < -0.4 is 4.74 Å². The maximum absolute atomic E-state index is 8.81. The van der Waals surface area contributed by atoms with Gasteiger partial charge in [-0.15, -0.1) is 10.2 Å². The molecule has 1 heterocycles. The molecule has 1 aliphatic carbocycles. The van der Waals surface area contributed by atoms with Crippen molar-refractivity contribution in [2.24, 2.45) is 0 Å². The van der Waals surface area contributed by atoms with Crippen LogP contribution in [0.4, 0.5) is 0 Å². The Kier molecular flexibility index (Phi) is 3.50. The van der Waals surface area contributed by atoms with E-state index >= 15 is 0 Å². The number of hydrogen-bond donors (Lipinski definition) is 1. The molecule has 1 saturated carbocycles. The van der Waals surface area contributed by atoms with Crippen molar-refractivity contribution in [2.45, 2.75) is 44.8 Å². The molecule has 0 spiro atoms. The molecule has 1 aliphatic rings. The lowest BCUT2D eigenvalue weighted by molar-refractivity contribution is 0.146. The summed E-state index contributed by atoms with van der Waals surface area (Å²) in [5.74, 6) is 0.569. The minimum atomic E-state index is -0.0727. The van der Waals surface area contributed by atoms with Gasteiger partial charge in [-0.05, 0) is 31.7 Å². The van der Waals surface area contributed by atoms with Crippen molar-refractivity contribution in [3.63, 3.8) is 0 Å². The van der Waals surface area contributed by atoms with Crippen LogP contribution >= 0.6 is 0 Å². The Labute approximate surface area is 89.3 Å². The van der Waals surface area contributed by atoms with Crippen molar-refractivity contribution >= 4 is 0 Å². The summed E-state index contributed by atoms with van der Waals surface area (Å²) in [5.41, 5.74) is 0.575. The summed E-state index contributed by atoms with van der Waals surface area (Å²) < 4.78 is 5.70. The fourth-order valence-electron chi connectivity index (χ4n) is 1.85. The molecule has 0 bridgehead atoms. The van der Waals surface area contributed by atoms with E-state index in [0.29, 0.717) is 17.7 Å². The second-order valence-corrected chi connectivity index (χ2v) is 3.90. The zero-order valence-electron chi connectivity index (χ0n) is 8.72. The van der Waals surface area contributed by atoms with Gasteiger partial charge in [0.05, 0.1) is 12.3 Å². The molecule has 1 aromatic rings. The van der Waals surface area contributed by atoms with Crippen molar-refractivity contribution in [3.05, 3.63) is 17.8 Å². The Balaban J connectivity index is 1.91. The van der Waals surface area contributed by atoms with Crippen LogP contribution in [-0.2, 0) is 6.61 Å². The molecule has 1 aromatic heterocycles. The van der Waals surface area contributed by atoms with E-state index in [1.165, 1.54) is 19.3 Å². The molecule has 2 rings (SSSR count). The Bertz CT molecular complexity index is 294. The fraction of sp³-hybridized carbons (Fsp3) is 0.636. The molecule has 0 aliphatic heterocycles. The van der Waals surface area contributed by atoms with Gasteiger partial charge in [-0.1, -0.05) is 6.42 Å². The summed E-state index contributed by atoms with van der Waals surface area (Å²) in [6, 6.07) is 3.51. The van der Waals surface area contributed by atoms with Gasteiger partial charge in [0.25, 0.3) is 0 Å². The van der Waals surface area contributed by atoms with Crippen molar-refractivity contribution < 1.29 is 9.84 Å². The zero-order chi connectivity index (χ0) is 10.5. The topological polar surface area (TPSA) is 55.2 Å². The molecular weight excluding hydrogens is 192 g/mol. The SMILES string of the molecule is OCc1ccc(OC2CCCCC2)nn1. The highest BCUT2D eigenvalue weighted by molar-refractivity contribution is 5.11. The zero-order valence-corrected chi connectivity index (χ0v) is 8.72. The van der Waals surface area contributed by atoms with Crippen LogP contribution in [0.2, 0.25) is 0 Å². The Morgan fingerprint density at radius 1 is 1.20 bits per heavy atom. The van der Waals surface area contributed by atoms with Gasteiger partial charge in [0.2, 0.25) is 5.88 Å². The largest absolute Gasteiger partial charge is 0.473 e. The summed E-state index contributed by atoms with van der Waals surface area (Å²) in [4.78, 5) is 0. The van der Waals surface area contributed by atoms with Gasteiger partial charge in [-0.3, -0.25) is 0 Å². The van der Waals surface area contributed by atoms with Crippen LogP contribution in [0.25, 0.3) is 0 Å². The smallest absolute Gasteiger partial charge is 0.233 e. The van der Waals surface area contributed by atoms with Crippen LogP contribution in [0.1, 0.15) is 37.8 Å². The lowest BCUT2D eigenvalue weighted by Gasteiger charge is -2.21. The summed E-state index contributed by atoms with van der Waals surface area (Å²) in [6.07, 6.45) is 6.33. The van der Waals surface area contributed by atoms with Crippen LogP contribution in [0.3, 0.4) is 0 Å². The lowest BCUT2D eigenvalue weighted by atomic mass is 9.98. The maximum Gasteiger partial charge on any atom is 0.233 e. The van der Waals surface area contributed by atoms with E-state index in [2.05, 4.69) is 10.2 Å². The van der Waals surface area contributed by atoms with Gasteiger partial charge in [0, 0.05) is 6.07 Å². The quantitative estimate of drug-likeness (QED) is 0.821. The van der Waals surface area contributed by atoms with Gasteiger partial charge in [0.15, 0.2) is 0 Å². The maximum atomic E-state index is 8.81. The summed E-state index contributed by atoms with van der Waals surface area (Å²) in [6.45, 7) is -0.0727. The Morgan fingerprint density at radius 2 is 2.00 bits per heavy atom. The summed E-state index contributed by atoms with van der Waals surface area (Å²) in [5, 5.41) is 16.6. The number of rotatable bonds is 3. The van der Waals surface area contributed by atoms with E-state index in [9.17, 15) is 0 Å². The molecule has 0 radical (unpaired) electrons. The average Bonchev–Trinajstić information content (AvgIpc) is 2.31. The number of ether oxygens (including phenoxy) is 1. The van der Waals surface area contributed by atoms with Gasteiger partial charge >= 0.3 is 0 Å². The molecule has 0 unspecified atom stereocenters. The first-order valence-corrected chi connectivity index (χ1v) is 5.48. The van der Waals surface area contributed by atoms with Gasteiger partial charge < -0.3 is 9.84 Å². The van der Waals surface area contributed by atoms with Crippen LogP contribution in [0.5, 0.6) is 5.88 Å².